The second-order valence-electron chi connectivity index (χ2n) is 5.85. The van der Waals surface area contributed by atoms with Gasteiger partial charge in [-0.15, -0.1) is 0 Å². The highest BCUT2D eigenvalue weighted by molar-refractivity contribution is 6.00. The molecule has 4 N–H and O–H groups in total. The molecular weight excluding hydrogens is 252 g/mol. The van der Waals surface area contributed by atoms with Crippen LogP contribution in [0.5, 0.6) is 0 Å². The largest absolute Gasteiger partial charge is 0.398 e. The number of nitrogens with two attached hydrogens (primary N) is 1. The van der Waals surface area contributed by atoms with E-state index in [0.717, 1.165) is 31.4 Å². The number of carbonyl (C=O) groups excluding carboxylic acids is 1. The van der Waals surface area contributed by atoms with Gasteiger partial charge in [-0.05, 0) is 38.0 Å². The van der Waals surface area contributed by atoms with Crippen LogP contribution in [0.25, 0.3) is 0 Å². The Hall–Kier alpha value is -1.55. The van der Waals surface area contributed by atoms with Gasteiger partial charge in [0, 0.05) is 23.5 Å². The lowest BCUT2D eigenvalue weighted by atomic mass is 9.94. The maximum absolute atomic E-state index is 11.5. The van der Waals surface area contributed by atoms with Gasteiger partial charge in [0.2, 0.25) is 0 Å². The number of aliphatic hydroxyl groups is 1. The number of ketones is 1. The van der Waals surface area contributed by atoms with E-state index in [9.17, 15) is 9.90 Å². The zero-order valence-electron chi connectivity index (χ0n) is 12.1. The van der Waals surface area contributed by atoms with Crippen LogP contribution < -0.4 is 11.1 Å². The summed E-state index contributed by atoms with van der Waals surface area (Å²) in [7, 11) is 0. The Morgan fingerprint density at radius 1 is 1.30 bits per heavy atom. The van der Waals surface area contributed by atoms with E-state index < -0.39 is 5.60 Å². The maximum Gasteiger partial charge on any atom is 0.161 e. The fraction of sp³-hybridized carbons (Fsp3) is 0.562. The summed E-state index contributed by atoms with van der Waals surface area (Å²) in [5.74, 6) is -0.0423. The van der Waals surface area contributed by atoms with E-state index in [2.05, 4.69) is 5.32 Å². The zero-order valence-corrected chi connectivity index (χ0v) is 12.1. The topological polar surface area (TPSA) is 75.3 Å². The van der Waals surface area contributed by atoms with Gasteiger partial charge >= 0.3 is 0 Å². The summed E-state index contributed by atoms with van der Waals surface area (Å²) in [5, 5.41) is 13.8. The van der Waals surface area contributed by atoms with Gasteiger partial charge in [-0.1, -0.05) is 25.7 Å². The van der Waals surface area contributed by atoms with Gasteiger partial charge in [0.1, 0.15) is 0 Å². The van der Waals surface area contributed by atoms with E-state index in [1.807, 2.05) is 6.07 Å². The first-order chi connectivity index (χ1) is 9.50. The SMILES string of the molecule is CC(=O)c1cc(NCC2(O)CCCCCC2)ccc1N. The second kappa shape index (κ2) is 6.27. The van der Waals surface area contributed by atoms with Gasteiger partial charge in [-0.25, -0.2) is 0 Å². The highest BCUT2D eigenvalue weighted by Gasteiger charge is 2.27. The first kappa shape index (κ1) is 14.9. The van der Waals surface area contributed by atoms with Gasteiger partial charge in [0.05, 0.1) is 5.60 Å². The summed E-state index contributed by atoms with van der Waals surface area (Å²) in [4.78, 5) is 11.5. The molecule has 0 radical (unpaired) electrons. The van der Waals surface area contributed by atoms with Crippen molar-refractivity contribution in [3.63, 3.8) is 0 Å². The quantitative estimate of drug-likeness (QED) is 0.449. The molecule has 4 nitrogen and oxygen atoms in total. The summed E-state index contributed by atoms with van der Waals surface area (Å²) in [6, 6.07) is 5.34. The van der Waals surface area contributed by atoms with Crippen LogP contribution in [0.3, 0.4) is 0 Å². The average Bonchev–Trinajstić information content (AvgIpc) is 2.63. The van der Waals surface area contributed by atoms with Crippen molar-refractivity contribution in [2.45, 2.75) is 51.0 Å². The van der Waals surface area contributed by atoms with Crippen LogP contribution in [0.2, 0.25) is 0 Å². The summed E-state index contributed by atoms with van der Waals surface area (Å²) in [6.45, 7) is 2.03. The number of hydrogen-bond donors (Lipinski definition) is 3. The lowest BCUT2D eigenvalue weighted by Gasteiger charge is -2.27. The van der Waals surface area contributed by atoms with Crippen molar-refractivity contribution >= 4 is 17.2 Å². The third-order valence-electron chi connectivity index (χ3n) is 4.09. The molecule has 0 bridgehead atoms. The van der Waals surface area contributed by atoms with Gasteiger partial charge in [0.25, 0.3) is 0 Å². The van der Waals surface area contributed by atoms with Crippen LogP contribution in [0, 0.1) is 0 Å². The molecule has 0 heterocycles. The molecule has 0 saturated heterocycles. The molecule has 1 aromatic carbocycles. The molecule has 0 aliphatic heterocycles. The Morgan fingerprint density at radius 3 is 2.55 bits per heavy atom. The average molecular weight is 276 g/mol. The Morgan fingerprint density at radius 2 is 1.95 bits per heavy atom. The number of hydrogen-bond acceptors (Lipinski definition) is 4. The van der Waals surface area contributed by atoms with Crippen LogP contribution in [-0.2, 0) is 0 Å². The van der Waals surface area contributed by atoms with Gasteiger partial charge in [-0.3, -0.25) is 4.79 Å². The van der Waals surface area contributed by atoms with Crippen LogP contribution in [0.1, 0.15) is 55.8 Å². The van der Waals surface area contributed by atoms with Crippen LogP contribution >= 0.6 is 0 Å². The van der Waals surface area contributed by atoms with Gasteiger partial charge in [0.15, 0.2) is 5.78 Å². The van der Waals surface area contributed by atoms with E-state index in [4.69, 9.17) is 5.73 Å². The van der Waals surface area contributed by atoms with Crippen molar-refractivity contribution in [1.82, 2.24) is 0 Å². The van der Waals surface area contributed by atoms with E-state index in [1.165, 1.54) is 19.8 Å². The van der Waals surface area contributed by atoms with Crippen molar-refractivity contribution in [2.24, 2.45) is 0 Å². The Labute approximate surface area is 120 Å². The van der Waals surface area contributed by atoms with E-state index in [1.54, 1.807) is 12.1 Å². The van der Waals surface area contributed by atoms with E-state index >= 15 is 0 Å². The minimum Gasteiger partial charge on any atom is -0.398 e. The van der Waals surface area contributed by atoms with Crippen LogP contribution in [0.15, 0.2) is 18.2 Å². The molecule has 1 saturated carbocycles. The monoisotopic (exact) mass is 276 g/mol. The molecule has 20 heavy (non-hydrogen) atoms. The normalized spacial score (nSPS) is 18.3. The molecule has 1 fully saturated rings. The number of anilines is 2. The fourth-order valence-corrected chi connectivity index (χ4v) is 2.80. The molecule has 1 aliphatic carbocycles. The predicted octanol–water partition coefficient (Wildman–Crippen LogP) is 2.97. The van der Waals surface area contributed by atoms with Crippen LogP contribution in [0.4, 0.5) is 11.4 Å². The molecule has 2 rings (SSSR count). The molecule has 0 unspecified atom stereocenters. The minimum atomic E-state index is -0.631. The standard InChI is InChI=1S/C16H24N2O2/c1-12(19)14-10-13(6-7-15(14)17)18-11-16(20)8-4-2-3-5-9-16/h6-7,10,18,20H,2-5,8-9,11,17H2,1H3. The fourth-order valence-electron chi connectivity index (χ4n) is 2.80. The third kappa shape index (κ3) is 3.73. The number of nitrogen functional groups attached to an aromatic ring is 1. The Balaban J connectivity index is 2.03. The Bertz CT molecular complexity index is 477. The lowest BCUT2D eigenvalue weighted by Crippen LogP contribution is -2.36. The highest BCUT2D eigenvalue weighted by atomic mass is 16.3. The number of Topliss-reactive ketones (excluding diaryl/α,β-unsaturated/α-hetero) is 1. The molecular formula is C16H24N2O2. The predicted molar refractivity (Wildman–Crippen MR) is 82.0 cm³/mol. The van der Waals surface area contributed by atoms with E-state index in [-0.39, 0.29) is 5.78 Å². The van der Waals surface area contributed by atoms with Crippen molar-refractivity contribution in [1.29, 1.82) is 0 Å². The Kier molecular flexibility index (Phi) is 4.65. The summed E-state index contributed by atoms with van der Waals surface area (Å²) >= 11 is 0. The first-order valence-corrected chi connectivity index (χ1v) is 7.37. The van der Waals surface area contributed by atoms with Crippen molar-refractivity contribution in [3.8, 4) is 0 Å². The highest BCUT2D eigenvalue weighted by Crippen LogP contribution is 2.28. The minimum absolute atomic E-state index is 0.0423. The summed E-state index contributed by atoms with van der Waals surface area (Å²) in [6.07, 6.45) is 6.26. The number of carbonyl (C=O) groups is 1. The number of benzene rings is 1. The third-order valence-corrected chi connectivity index (χ3v) is 4.09. The second-order valence-corrected chi connectivity index (χ2v) is 5.85. The molecule has 1 aromatic rings. The zero-order chi connectivity index (χ0) is 14.6. The van der Waals surface area contributed by atoms with Gasteiger partial charge < -0.3 is 16.2 Å². The molecule has 1 aliphatic rings. The smallest absolute Gasteiger partial charge is 0.161 e. The van der Waals surface area contributed by atoms with Gasteiger partial charge in [-0.2, -0.15) is 0 Å². The summed E-state index contributed by atoms with van der Waals surface area (Å²) < 4.78 is 0. The van der Waals surface area contributed by atoms with E-state index in [0.29, 0.717) is 17.8 Å². The summed E-state index contributed by atoms with van der Waals surface area (Å²) in [5.41, 5.74) is 7.01. The van der Waals surface area contributed by atoms with Crippen molar-refractivity contribution in [2.75, 3.05) is 17.6 Å². The maximum atomic E-state index is 11.5. The molecule has 4 heteroatoms. The van der Waals surface area contributed by atoms with Crippen molar-refractivity contribution < 1.29 is 9.90 Å². The van der Waals surface area contributed by atoms with Crippen molar-refractivity contribution in [3.05, 3.63) is 23.8 Å². The molecule has 0 atom stereocenters. The number of nitrogens with one attached hydrogen (secondary N) is 1. The molecule has 0 spiro atoms. The molecule has 0 aromatic heterocycles. The first-order valence-electron chi connectivity index (χ1n) is 7.37. The van der Waals surface area contributed by atoms with Crippen LogP contribution in [-0.4, -0.2) is 23.0 Å². The molecule has 110 valence electrons. The molecule has 0 amide bonds. The lowest BCUT2D eigenvalue weighted by molar-refractivity contribution is 0.0381. The number of rotatable bonds is 4.